The second kappa shape index (κ2) is 5.70. The number of β-amino-alcohol motifs (C(OH)–C–C–N with tert-alkyl or cyclic N) is 1. The van der Waals surface area contributed by atoms with Crippen molar-refractivity contribution in [2.75, 3.05) is 18.0 Å². The third kappa shape index (κ3) is 2.70. The maximum absolute atomic E-state index is 9.87. The fourth-order valence-electron chi connectivity index (χ4n) is 3.26. The van der Waals surface area contributed by atoms with Crippen LogP contribution in [0.25, 0.3) is 11.0 Å². The molecule has 3 aromatic rings. The first-order chi connectivity index (χ1) is 11.2. The number of hydrogen-bond acceptors (Lipinski definition) is 3. The van der Waals surface area contributed by atoms with Gasteiger partial charge in [-0.2, -0.15) is 0 Å². The third-order valence-corrected chi connectivity index (χ3v) is 4.54. The summed E-state index contributed by atoms with van der Waals surface area (Å²) in [6.45, 7) is 4.42. The molecule has 4 nitrogen and oxygen atoms in total. The number of rotatable bonds is 3. The molecule has 1 N–H and O–H groups in total. The number of anilines is 1. The highest BCUT2D eigenvalue weighted by Crippen LogP contribution is 2.26. The Morgan fingerprint density at radius 1 is 1.13 bits per heavy atom. The van der Waals surface area contributed by atoms with Crippen LogP contribution in [-0.2, 0) is 6.54 Å². The maximum Gasteiger partial charge on any atom is 0.206 e. The smallest absolute Gasteiger partial charge is 0.206 e. The fraction of sp³-hybridized carbons (Fsp3) is 0.316. The Morgan fingerprint density at radius 2 is 1.91 bits per heavy atom. The number of aryl methyl sites for hydroxylation is 1. The molecule has 2 aromatic carbocycles. The van der Waals surface area contributed by atoms with Crippen LogP contribution in [0.2, 0.25) is 0 Å². The van der Waals surface area contributed by atoms with Crippen molar-refractivity contribution in [3.63, 3.8) is 0 Å². The van der Waals surface area contributed by atoms with Gasteiger partial charge in [-0.1, -0.05) is 42.0 Å². The molecule has 0 aliphatic carbocycles. The second-order valence-electron chi connectivity index (χ2n) is 6.36. The molecule has 1 unspecified atom stereocenters. The Morgan fingerprint density at radius 3 is 2.65 bits per heavy atom. The quantitative estimate of drug-likeness (QED) is 0.809. The van der Waals surface area contributed by atoms with E-state index in [1.54, 1.807) is 0 Å². The number of aromatic nitrogens is 2. The number of benzene rings is 2. The van der Waals surface area contributed by atoms with Crippen molar-refractivity contribution in [1.82, 2.24) is 9.55 Å². The number of hydrogen-bond donors (Lipinski definition) is 1. The Kier molecular flexibility index (Phi) is 3.54. The standard InChI is InChI=1S/C19H21N3O/c1-14-6-8-15(9-7-14)12-22-18-5-3-2-4-17(18)20-19(22)21-11-10-16(23)13-21/h2-9,16,23H,10-13H2,1H3. The van der Waals surface area contributed by atoms with Crippen molar-refractivity contribution >= 4 is 17.0 Å². The molecule has 1 aliphatic rings. The fourth-order valence-corrected chi connectivity index (χ4v) is 3.26. The molecule has 0 spiro atoms. The van der Waals surface area contributed by atoms with E-state index < -0.39 is 0 Å². The molecule has 1 fully saturated rings. The molecule has 1 aliphatic heterocycles. The van der Waals surface area contributed by atoms with Gasteiger partial charge in [0, 0.05) is 13.1 Å². The van der Waals surface area contributed by atoms with Crippen LogP contribution in [0.3, 0.4) is 0 Å². The zero-order chi connectivity index (χ0) is 15.8. The molecular formula is C19H21N3O. The van der Waals surface area contributed by atoms with E-state index in [1.165, 1.54) is 11.1 Å². The summed E-state index contributed by atoms with van der Waals surface area (Å²) in [5.41, 5.74) is 4.69. The topological polar surface area (TPSA) is 41.3 Å². The third-order valence-electron chi connectivity index (χ3n) is 4.54. The molecule has 0 radical (unpaired) electrons. The lowest BCUT2D eigenvalue weighted by atomic mass is 10.1. The van der Waals surface area contributed by atoms with Crippen LogP contribution in [0.1, 0.15) is 17.5 Å². The molecule has 118 valence electrons. The highest BCUT2D eigenvalue weighted by atomic mass is 16.3. The lowest BCUT2D eigenvalue weighted by Gasteiger charge is -2.19. The molecule has 1 atom stereocenters. The van der Waals surface area contributed by atoms with Crippen LogP contribution >= 0.6 is 0 Å². The van der Waals surface area contributed by atoms with Gasteiger partial charge in [-0.3, -0.25) is 0 Å². The van der Waals surface area contributed by atoms with Crippen LogP contribution in [0.5, 0.6) is 0 Å². The van der Waals surface area contributed by atoms with Crippen molar-refractivity contribution in [2.45, 2.75) is 26.0 Å². The van der Waals surface area contributed by atoms with E-state index in [0.717, 1.165) is 36.5 Å². The molecular weight excluding hydrogens is 286 g/mol. The molecule has 0 saturated carbocycles. The van der Waals surface area contributed by atoms with Gasteiger partial charge in [0.05, 0.1) is 23.7 Å². The molecule has 2 heterocycles. The van der Waals surface area contributed by atoms with E-state index in [1.807, 2.05) is 6.07 Å². The average molecular weight is 307 g/mol. The Labute approximate surface area is 136 Å². The molecule has 0 amide bonds. The average Bonchev–Trinajstić information content (AvgIpc) is 3.14. The van der Waals surface area contributed by atoms with Gasteiger partial charge in [-0.15, -0.1) is 0 Å². The van der Waals surface area contributed by atoms with Gasteiger partial charge in [0.25, 0.3) is 0 Å². The number of para-hydroxylation sites is 2. The highest BCUT2D eigenvalue weighted by molar-refractivity contribution is 5.79. The van der Waals surface area contributed by atoms with Crippen molar-refractivity contribution in [1.29, 1.82) is 0 Å². The van der Waals surface area contributed by atoms with Gasteiger partial charge >= 0.3 is 0 Å². The van der Waals surface area contributed by atoms with E-state index in [2.05, 4.69) is 58.9 Å². The van der Waals surface area contributed by atoms with Crippen LogP contribution in [0.4, 0.5) is 5.95 Å². The summed E-state index contributed by atoms with van der Waals surface area (Å²) in [6.07, 6.45) is 0.566. The lowest BCUT2D eigenvalue weighted by molar-refractivity contribution is 0.198. The molecule has 4 heteroatoms. The number of aliphatic hydroxyl groups is 1. The minimum absolute atomic E-state index is 0.248. The van der Waals surface area contributed by atoms with Gasteiger partial charge < -0.3 is 14.6 Å². The van der Waals surface area contributed by atoms with Gasteiger partial charge in [0.15, 0.2) is 0 Å². The van der Waals surface area contributed by atoms with E-state index in [0.29, 0.717) is 6.54 Å². The van der Waals surface area contributed by atoms with E-state index >= 15 is 0 Å². The summed E-state index contributed by atoms with van der Waals surface area (Å²) in [6, 6.07) is 16.9. The molecule has 0 bridgehead atoms. The molecule has 1 aromatic heterocycles. The van der Waals surface area contributed by atoms with E-state index in [-0.39, 0.29) is 6.10 Å². The van der Waals surface area contributed by atoms with Crippen LogP contribution < -0.4 is 4.90 Å². The normalized spacial score (nSPS) is 18.0. The zero-order valence-corrected chi connectivity index (χ0v) is 13.3. The first-order valence-corrected chi connectivity index (χ1v) is 8.14. The number of fused-ring (bicyclic) bond motifs is 1. The molecule has 1 saturated heterocycles. The first-order valence-electron chi connectivity index (χ1n) is 8.14. The van der Waals surface area contributed by atoms with Crippen molar-refractivity contribution in [2.24, 2.45) is 0 Å². The maximum atomic E-state index is 9.87. The summed E-state index contributed by atoms with van der Waals surface area (Å²) in [4.78, 5) is 7.01. The summed E-state index contributed by atoms with van der Waals surface area (Å²) >= 11 is 0. The summed E-state index contributed by atoms with van der Waals surface area (Å²) in [5.74, 6) is 0.961. The zero-order valence-electron chi connectivity index (χ0n) is 13.3. The van der Waals surface area contributed by atoms with Gasteiger partial charge in [0.2, 0.25) is 5.95 Å². The van der Waals surface area contributed by atoms with Crippen LogP contribution in [-0.4, -0.2) is 33.9 Å². The second-order valence-corrected chi connectivity index (χ2v) is 6.36. The predicted molar refractivity (Wildman–Crippen MR) is 92.9 cm³/mol. The van der Waals surface area contributed by atoms with Crippen LogP contribution in [0, 0.1) is 6.92 Å². The Hall–Kier alpha value is -2.33. The predicted octanol–water partition coefficient (Wildman–Crippen LogP) is 2.96. The van der Waals surface area contributed by atoms with Gasteiger partial charge in [0.1, 0.15) is 0 Å². The van der Waals surface area contributed by atoms with E-state index in [4.69, 9.17) is 4.98 Å². The highest BCUT2D eigenvalue weighted by Gasteiger charge is 2.25. The SMILES string of the molecule is Cc1ccc(Cn2c(N3CCC(O)C3)nc3ccccc32)cc1. The first kappa shape index (κ1) is 14.3. The number of imidazole rings is 1. The summed E-state index contributed by atoms with van der Waals surface area (Å²) < 4.78 is 2.26. The van der Waals surface area contributed by atoms with Crippen molar-refractivity contribution < 1.29 is 5.11 Å². The summed E-state index contributed by atoms with van der Waals surface area (Å²) in [5, 5.41) is 9.87. The largest absolute Gasteiger partial charge is 0.391 e. The minimum atomic E-state index is -0.248. The van der Waals surface area contributed by atoms with Crippen molar-refractivity contribution in [3.05, 3.63) is 59.7 Å². The minimum Gasteiger partial charge on any atom is -0.391 e. The summed E-state index contributed by atoms with van der Waals surface area (Å²) in [7, 11) is 0. The molecule has 23 heavy (non-hydrogen) atoms. The Bertz CT molecular complexity index is 822. The van der Waals surface area contributed by atoms with E-state index in [9.17, 15) is 5.11 Å². The number of aliphatic hydroxyl groups excluding tert-OH is 1. The van der Waals surface area contributed by atoms with Gasteiger partial charge in [-0.25, -0.2) is 4.98 Å². The lowest BCUT2D eigenvalue weighted by Crippen LogP contribution is -2.25. The number of nitrogens with zero attached hydrogens (tertiary/aromatic N) is 3. The van der Waals surface area contributed by atoms with Gasteiger partial charge in [-0.05, 0) is 31.0 Å². The Balaban J connectivity index is 1.77. The molecule has 4 rings (SSSR count). The monoisotopic (exact) mass is 307 g/mol. The van der Waals surface area contributed by atoms with Crippen LogP contribution in [0.15, 0.2) is 48.5 Å². The van der Waals surface area contributed by atoms with Crippen molar-refractivity contribution in [3.8, 4) is 0 Å².